The van der Waals surface area contributed by atoms with Crippen LogP contribution >= 0.6 is 0 Å². The molecule has 3 saturated heterocycles. The van der Waals surface area contributed by atoms with Gasteiger partial charge in [0.25, 0.3) is 0 Å². The SMILES string of the molecule is CC[C@H]1OC(=O)[C@H](C)[C@H](O[C@@H]2C[C@](C)(OC)[C@H](O)[C@H](C)O2)[C@H](C)[C@H](O[C@@H]2O[C@H](C)C[C@@H](N(C)C)[C@H]2C)[C@](C)(O)C[C@@H](C)CN(C)[C@H](C)[C@@H](O)[C@]1(C)O. The quantitative estimate of drug-likeness (QED) is 0.282. The Morgan fingerprint density at radius 1 is 0.923 bits per heavy atom. The predicted molar refractivity (Wildman–Crippen MR) is 197 cm³/mol. The fourth-order valence-corrected chi connectivity index (χ4v) is 9.06. The second kappa shape index (κ2) is 17.9. The Hall–Kier alpha value is -0.970. The van der Waals surface area contributed by atoms with Crippen molar-refractivity contribution in [3.05, 3.63) is 0 Å². The predicted octanol–water partition coefficient (Wildman–Crippen LogP) is 3.18. The Morgan fingerprint density at radius 2 is 1.54 bits per heavy atom. The highest BCUT2D eigenvalue weighted by atomic mass is 16.7. The van der Waals surface area contributed by atoms with E-state index in [4.69, 9.17) is 28.4 Å². The zero-order chi connectivity index (χ0) is 39.7. The van der Waals surface area contributed by atoms with E-state index < -0.39 is 89.9 Å². The maximum atomic E-state index is 14.2. The van der Waals surface area contributed by atoms with Gasteiger partial charge in [-0.1, -0.05) is 27.7 Å². The average molecular weight is 747 g/mol. The van der Waals surface area contributed by atoms with E-state index in [0.29, 0.717) is 13.0 Å². The maximum absolute atomic E-state index is 14.2. The summed E-state index contributed by atoms with van der Waals surface area (Å²) in [6.07, 6.45) is -5.73. The van der Waals surface area contributed by atoms with Gasteiger partial charge in [0.2, 0.25) is 0 Å². The minimum absolute atomic E-state index is 0.0440. The van der Waals surface area contributed by atoms with Crippen LogP contribution in [-0.4, -0.2) is 155 Å². The number of aliphatic hydroxyl groups is 4. The first kappa shape index (κ1) is 45.4. The number of hydrogen-bond acceptors (Lipinski definition) is 13. The molecule has 0 bridgehead atoms. The molecule has 3 aliphatic heterocycles. The van der Waals surface area contributed by atoms with Crippen LogP contribution in [0.4, 0.5) is 0 Å². The van der Waals surface area contributed by atoms with Gasteiger partial charge in [-0.15, -0.1) is 0 Å². The van der Waals surface area contributed by atoms with Gasteiger partial charge in [0, 0.05) is 44.0 Å². The molecular weight excluding hydrogens is 672 g/mol. The van der Waals surface area contributed by atoms with E-state index in [2.05, 4.69) is 11.8 Å². The number of aliphatic hydroxyl groups excluding tert-OH is 2. The first-order chi connectivity index (χ1) is 23.9. The third-order valence-corrected chi connectivity index (χ3v) is 12.6. The van der Waals surface area contributed by atoms with Gasteiger partial charge in [-0.3, -0.25) is 4.79 Å². The lowest BCUT2D eigenvalue weighted by Crippen LogP contribution is -2.59. The summed E-state index contributed by atoms with van der Waals surface area (Å²) in [5.41, 5.74) is -4.20. The van der Waals surface area contributed by atoms with Crippen LogP contribution in [0.25, 0.3) is 0 Å². The molecule has 4 N–H and O–H groups in total. The molecule has 0 unspecified atom stereocenters. The van der Waals surface area contributed by atoms with Crippen molar-refractivity contribution in [1.29, 1.82) is 0 Å². The molecule has 3 heterocycles. The minimum atomic E-state index is -1.77. The summed E-state index contributed by atoms with van der Waals surface area (Å²) in [4.78, 5) is 18.4. The fraction of sp³-hybridized carbons (Fsp3) is 0.974. The lowest BCUT2D eigenvalue weighted by atomic mass is 9.77. The van der Waals surface area contributed by atoms with Gasteiger partial charge in [0.05, 0.1) is 41.5 Å². The molecule has 0 aromatic rings. The van der Waals surface area contributed by atoms with E-state index in [-0.39, 0.29) is 36.8 Å². The van der Waals surface area contributed by atoms with Crippen molar-refractivity contribution in [2.75, 3.05) is 34.8 Å². The van der Waals surface area contributed by atoms with Gasteiger partial charge < -0.3 is 58.6 Å². The lowest BCUT2D eigenvalue weighted by Gasteiger charge is -2.49. The second-order valence-corrected chi connectivity index (χ2v) is 17.5. The van der Waals surface area contributed by atoms with Crippen LogP contribution in [0.1, 0.15) is 102 Å². The Kier molecular flexibility index (Phi) is 15.6. The van der Waals surface area contributed by atoms with Crippen LogP contribution < -0.4 is 0 Å². The number of hydrogen-bond donors (Lipinski definition) is 4. The van der Waals surface area contributed by atoms with Crippen molar-refractivity contribution in [3.63, 3.8) is 0 Å². The number of methoxy groups -OCH3 is 1. The smallest absolute Gasteiger partial charge is 0.311 e. The molecule has 13 nitrogen and oxygen atoms in total. The topological polar surface area (TPSA) is 160 Å². The number of likely N-dealkylation sites (N-methyl/N-ethyl adjacent to an activating group) is 1. The molecule has 0 aromatic heterocycles. The third-order valence-electron chi connectivity index (χ3n) is 12.6. The standard InChI is InChI=1S/C39H74N2O11/c1-16-29-39(11,46)32(42)26(7)41(14)20-21(2)18-37(9,45)34(52-36-23(4)28(40(12)13)17-22(3)48-36)24(5)31(25(6)35(44)50-29)51-30-19-38(10,47-15)33(43)27(8)49-30/h21-34,36,42-43,45-46H,16-20H2,1-15H3/t21-,22-,23-,24+,25-,26-,27+,28-,29-,30-,31-,32-,33-,34+,36+,37-,38+,39-/m1/s1. The largest absolute Gasteiger partial charge is 0.459 e. The highest BCUT2D eigenvalue weighted by Crippen LogP contribution is 2.41. The van der Waals surface area contributed by atoms with Gasteiger partial charge in [0.15, 0.2) is 12.6 Å². The molecule has 18 atom stereocenters. The number of nitrogens with zero attached hydrogens (tertiary/aromatic N) is 2. The van der Waals surface area contributed by atoms with Crippen LogP contribution in [0.3, 0.4) is 0 Å². The van der Waals surface area contributed by atoms with Crippen LogP contribution in [0.2, 0.25) is 0 Å². The number of esters is 1. The average Bonchev–Trinajstić information content (AvgIpc) is 3.05. The van der Waals surface area contributed by atoms with Crippen molar-refractivity contribution >= 4 is 5.97 Å². The zero-order valence-corrected chi connectivity index (χ0v) is 34.7. The van der Waals surface area contributed by atoms with Gasteiger partial charge in [0.1, 0.15) is 23.9 Å². The molecule has 0 saturated carbocycles. The maximum Gasteiger partial charge on any atom is 0.311 e. The van der Waals surface area contributed by atoms with E-state index in [1.54, 1.807) is 34.6 Å². The second-order valence-electron chi connectivity index (χ2n) is 17.5. The molecule has 3 aliphatic rings. The molecule has 306 valence electrons. The Bertz CT molecular complexity index is 1140. The van der Waals surface area contributed by atoms with E-state index in [1.807, 2.05) is 53.7 Å². The molecule has 52 heavy (non-hydrogen) atoms. The molecule has 0 aliphatic carbocycles. The van der Waals surface area contributed by atoms with Crippen molar-refractivity contribution < 1.29 is 53.6 Å². The number of carbonyl (C=O) groups is 1. The molecule has 0 radical (unpaired) electrons. The molecular formula is C39H74N2O11. The van der Waals surface area contributed by atoms with Crippen molar-refractivity contribution in [3.8, 4) is 0 Å². The number of carbonyl (C=O) groups excluding carboxylic acids is 1. The Labute approximate surface area is 313 Å². The van der Waals surface area contributed by atoms with Gasteiger partial charge in [-0.25, -0.2) is 0 Å². The highest BCUT2D eigenvalue weighted by Gasteiger charge is 2.52. The minimum Gasteiger partial charge on any atom is -0.459 e. The highest BCUT2D eigenvalue weighted by molar-refractivity contribution is 5.73. The first-order valence-electron chi connectivity index (χ1n) is 19.5. The molecule has 0 amide bonds. The number of rotatable bonds is 7. The molecule has 0 spiro atoms. The number of cyclic esters (lactones) is 1. The summed E-state index contributed by atoms with van der Waals surface area (Å²) < 4.78 is 38.2. The normalized spacial score (nSPS) is 49.6. The summed E-state index contributed by atoms with van der Waals surface area (Å²) in [5, 5.41) is 46.8. The van der Waals surface area contributed by atoms with Crippen LogP contribution in [0, 0.1) is 23.7 Å². The van der Waals surface area contributed by atoms with E-state index in [0.717, 1.165) is 6.42 Å². The number of ether oxygens (including phenoxy) is 6. The Balaban J connectivity index is 2.17. The summed E-state index contributed by atoms with van der Waals surface area (Å²) in [7, 11) is 7.50. The third kappa shape index (κ3) is 10.1. The summed E-state index contributed by atoms with van der Waals surface area (Å²) in [5.74, 6) is -2.34. The summed E-state index contributed by atoms with van der Waals surface area (Å²) in [6.45, 7) is 20.7. The zero-order valence-electron chi connectivity index (χ0n) is 34.7. The molecule has 0 aromatic carbocycles. The van der Waals surface area contributed by atoms with Crippen LogP contribution in [0.15, 0.2) is 0 Å². The Morgan fingerprint density at radius 3 is 2.10 bits per heavy atom. The van der Waals surface area contributed by atoms with Gasteiger partial charge in [-0.2, -0.15) is 0 Å². The molecule has 13 heteroatoms. The van der Waals surface area contributed by atoms with E-state index in [9.17, 15) is 25.2 Å². The van der Waals surface area contributed by atoms with Crippen LogP contribution in [0.5, 0.6) is 0 Å². The summed E-state index contributed by atoms with van der Waals surface area (Å²) >= 11 is 0. The van der Waals surface area contributed by atoms with E-state index >= 15 is 0 Å². The van der Waals surface area contributed by atoms with Crippen molar-refractivity contribution in [2.24, 2.45) is 23.7 Å². The monoisotopic (exact) mass is 747 g/mol. The fourth-order valence-electron chi connectivity index (χ4n) is 9.06. The van der Waals surface area contributed by atoms with Crippen molar-refractivity contribution in [1.82, 2.24) is 9.80 Å². The van der Waals surface area contributed by atoms with Crippen molar-refractivity contribution in [2.45, 2.75) is 186 Å². The summed E-state index contributed by atoms with van der Waals surface area (Å²) in [6, 6.07) is -0.330. The molecule has 3 rings (SSSR count). The first-order valence-corrected chi connectivity index (χ1v) is 19.5. The molecule has 3 fully saturated rings. The van der Waals surface area contributed by atoms with Gasteiger partial charge >= 0.3 is 5.97 Å². The lowest BCUT2D eigenvalue weighted by molar-refractivity contribution is -0.312. The van der Waals surface area contributed by atoms with E-state index in [1.165, 1.54) is 14.0 Å². The van der Waals surface area contributed by atoms with Crippen LogP contribution in [-0.2, 0) is 33.2 Å². The van der Waals surface area contributed by atoms with Gasteiger partial charge in [-0.05, 0) is 94.8 Å².